The number of carbonyl (C=O) groups is 1. The maximum atomic E-state index is 13.4. The number of esters is 1. The van der Waals surface area contributed by atoms with E-state index in [0.29, 0.717) is 12.0 Å². The van der Waals surface area contributed by atoms with Gasteiger partial charge in [0.05, 0.1) is 7.11 Å². The molecule has 1 aliphatic carbocycles. The summed E-state index contributed by atoms with van der Waals surface area (Å²) >= 11 is 11.8. The zero-order valence-corrected chi connectivity index (χ0v) is 12.0. The van der Waals surface area contributed by atoms with Gasteiger partial charge in [0.15, 0.2) is 11.6 Å². The van der Waals surface area contributed by atoms with Gasteiger partial charge in [-0.3, -0.25) is 4.79 Å². The second kappa shape index (κ2) is 4.84. The van der Waals surface area contributed by atoms with Crippen LogP contribution in [0.4, 0.5) is 4.39 Å². The second-order valence-electron chi connectivity index (χ2n) is 4.76. The Morgan fingerprint density at radius 2 is 2.11 bits per heavy atom. The lowest BCUT2D eigenvalue weighted by molar-refractivity contribution is -0.150. The average molecular weight is 307 g/mol. The highest BCUT2D eigenvalue weighted by molar-refractivity contribution is 6.53. The predicted molar refractivity (Wildman–Crippen MR) is 69.9 cm³/mol. The first-order chi connectivity index (χ1) is 8.80. The van der Waals surface area contributed by atoms with Gasteiger partial charge >= 0.3 is 5.97 Å². The van der Waals surface area contributed by atoms with Crippen molar-refractivity contribution in [1.29, 1.82) is 0 Å². The highest BCUT2D eigenvalue weighted by atomic mass is 35.5. The van der Waals surface area contributed by atoms with Crippen molar-refractivity contribution in [1.82, 2.24) is 0 Å². The monoisotopic (exact) mass is 306 g/mol. The van der Waals surface area contributed by atoms with Gasteiger partial charge in [-0.1, -0.05) is 6.07 Å². The van der Waals surface area contributed by atoms with Crippen LogP contribution in [0.15, 0.2) is 18.2 Å². The molecule has 0 N–H and O–H groups in total. The summed E-state index contributed by atoms with van der Waals surface area (Å²) in [6.07, 6.45) is 0.360. The van der Waals surface area contributed by atoms with Gasteiger partial charge in [0.1, 0.15) is 16.4 Å². The molecule has 1 aromatic carbocycles. The normalized spacial score (nSPS) is 23.8. The molecule has 1 fully saturated rings. The first kappa shape index (κ1) is 14.4. The fourth-order valence-electron chi connectivity index (χ4n) is 1.73. The lowest BCUT2D eigenvalue weighted by Gasteiger charge is -2.12. The number of benzene rings is 1. The molecule has 0 heterocycles. The lowest BCUT2D eigenvalue weighted by Crippen LogP contribution is -2.21. The van der Waals surface area contributed by atoms with Gasteiger partial charge in [0.25, 0.3) is 0 Å². The summed E-state index contributed by atoms with van der Waals surface area (Å²) in [5.41, 5.74) is -0.341. The molecule has 1 unspecified atom stereocenters. The molecule has 1 aromatic rings. The van der Waals surface area contributed by atoms with Crippen LogP contribution in [0.1, 0.15) is 18.9 Å². The molecule has 6 heteroatoms. The Kier molecular flexibility index (Phi) is 3.67. The number of halogens is 3. The third kappa shape index (κ3) is 2.65. The molecule has 2 rings (SSSR count). The smallest absolute Gasteiger partial charge is 0.315 e. The Morgan fingerprint density at radius 3 is 2.58 bits per heavy atom. The maximum absolute atomic E-state index is 13.4. The third-order valence-corrected chi connectivity index (χ3v) is 4.40. The molecular weight excluding hydrogens is 294 g/mol. The van der Waals surface area contributed by atoms with E-state index in [9.17, 15) is 9.18 Å². The van der Waals surface area contributed by atoms with Crippen molar-refractivity contribution in [3.05, 3.63) is 29.6 Å². The van der Waals surface area contributed by atoms with E-state index in [1.165, 1.54) is 19.2 Å². The summed E-state index contributed by atoms with van der Waals surface area (Å²) < 4.78 is 22.3. The van der Waals surface area contributed by atoms with E-state index < -0.39 is 21.5 Å². The third-order valence-electron chi connectivity index (χ3n) is 3.29. The topological polar surface area (TPSA) is 35.5 Å². The highest BCUT2D eigenvalue weighted by Gasteiger charge is 2.69. The Morgan fingerprint density at radius 1 is 1.47 bits per heavy atom. The molecule has 0 saturated heterocycles. The molecule has 3 nitrogen and oxygen atoms in total. The van der Waals surface area contributed by atoms with E-state index in [0.717, 1.165) is 0 Å². The van der Waals surface area contributed by atoms with E-state index in [4.69, 9.17) is 32.7 Å². The molecule has 1 atom stereocenters. The molecule has 1 saturated carbocycles. The molecule has 0 amide bonds. The van der Waals surface area contributed by atoms with Crippen LogP contribution >= 0.6 is 23.2 Å². The molecule has 0 spiro atoms. The fraction of sp³-hybridized carbons (Fsp3) is 0.462. The first-order valence-electron chi connectivity index (χ1n) is 5.67. The van der Waals surface area contributed by atoms with Crippen molar-refractivity contribution < 1.29 is 18.7 Å². The molecular formula is C13H13Cl2FO3. The minimum absolute atomic E-state index is 0.0286. The molecule has 0 bridgehead atoms. The van der Waals surface area contributed by atoms with E-state index in [1.54, 1.807) is 13.0 Å². The molecule has 0 aromatic heterocycles. The Bertz CT molecular complexity index is 519. The van der Waals surface area contributed by atoms with Gasteiger partial charge < -0.3 is 9.47 Å². The minimum atomic E-state index is -1.06. The van der Waals surface area contributed by atoms with Crippen LogP contribution in [0.5, 0.6) is 5.75 Å². The average Bonchev–Trinajstić information content (AvgIpc) is 2.87. The van der Waals surface area contributed by atoms with Gasteiger partial charge in [-0.25, -0.2) is 4.39 Å². The van der Waals surface area contributed by atoms with Gasteiger partial charge in [-0.05, 0) is 24.6 Å². The van der Waals surface area contributed by atoms with Crippen molar-refractivity contribution in [2.24, 2.45) is 5.41 Å². The molecule has 1 aliphatic rings. The molecule has 0 aliphatic heterocycles. The van der Waals surface area contributed by atoms with E-state index in [2.05, 4.69) is 0 Å². The minimum Gasteiger partial charge on any atom is -0.494 e. The van der Waals surface area contributed by atoms with Gasteiger partial charge in [-0.15, -0.1) is 23.2 Å². The summed E-state index contributed by atoms with van der Waals surface area (Å²) in [6, 6.07) is 4.36. The standard InChI is InChI=1S/C13H13Cl2FO3/c1-12(7-13(12,14)15)11(17)19-6-8-3-4-10(18-2)9(16)5-8/h3-5H,6-7H2,1-2H3. The number of hydrogen-bond donors (Lipinski definition) is 0. The van der Waals surface area contributed by atoms with Crippen molar-refractivity contribution in [3.63, 3.8) is 0 Å². The Labute approximate surface area is 120 Å². The summed E-state index contributed by atoms with van der Waals surface area (Å²) in [5.74, 6) is -0.837. The Hall–Kier alpha value is -1.00. The van der Waals surface area contributed by atoms with Crippen molar-refractivity contribution in [2.75, 3.05) is 7.11 Å². The number of methoxy groups -OCH3 is 1. The zero-order valence-electron chi connectivity index (χ0n) is 10.5. The number of rotatable bonds is 4. The second-order valence-corrected chi connectivity index (χ2v) is 6.24. The van der Waals surface area contributed by atoms with Crippen molar-refractivity contribution >= 4 is 29.2 Å². The van der Waals surface area contributed by atoms with Gasteiger partial charge in [0.2, 0.25) is 0 Å². The van der Waals surface area contributed by atoms with Crippen LogP contribution in [-0.4, -0.2) is 17.4 Å². The Balaban J connectivity index is 1.97. The molecule has 104 valence electrons. The SMILES string of the molecule is COc1ccc(COC(=O)C2(C)CC2(Cl)Cl)cc1F. The largest absolute Gasteiger partial charge is 0.494 e. The number of hydrogen-bond acceptors (Lipinski definition) is 3. The summed E-state index contributed by atoms with van der Waals surface area (Å²) in [7, 11) is 1.38. The summed E-state index contributed by atoms with van der Waals surface area (Å²) in [6.45, 7) is 1.61. The van der Waals surface area contributed by atoms with Crippen LogP contribution in [-0.2, 0) is 16.1 Å². The van der Waals surface area contributed by atoms with E-state index in [1.807, 2.05) is 0 Å². The quantitative estimate of drug-likeness (QED) is 0.631. The van der Waals surface area contributed by atoms with Gasteiger partial charge in [-0.2, -0.15) is 0 Å². The number of carbonyl (C=O) groups excluding carboxylic acids is 1. The van der Waals surface area contributed by atoms with E-state index >= 15 is 0 Å². The first-order valence-corrected chi connectivity index (χ1v) is 6.43. The number of ether oxygens (including phenoxy) is 2. The molecule has 19 heavy (non-hydrogen) atoms. The van der Waals surface area contributed by atoms with E-state index in [-0.39, 0.29) is 12.4 Å². The predicted octanol–water partition coefficient (Wildman–Crippen LogP) is 3.46. The maximum Gasteiger partial charge on any atom is 0.315 e. The van der Waals surface area contributed by atoms with Crippen LogP contribution in [0.2, 0.25) is 0 Å². The summed E-state index contributed by atoms with van der Waals surface area (Å²) in [5, 5.41) is 0. The highest BCUT2D eigenvalue weighted by Crippen LogP contribution is 2.64. The van der Waals surface area contributed by atoms with Crippen LogP contribution in [0.3, 0.4) is 0 Å². The lowest BCUT2D eigenvalue weighted by atomic mass is 10.1. The van der Waals surface area contributed by atoms with Crippen LogP contribution < -0.4 is 4.74 Å². The molecule has 0 radical (unpaired) electrons. The van der Waals surface area contributed by atoms with Crippen LogP contribution in [0, 0.1) is 11.2 Å². The number of alkyl halides is 2. The zero-order chi connectivity index (χ0) is 14.3. The van der Waals surface area contributed by atoms with Crippen molar-refractivity contribution in [2.45, 2.75) is 24.3 Å². The van der Waals surface area contributed by atoms with Crippen molar-refractivity contribution in [3.8, 4) is 5.75 Å². The van der Waals surface area contributed by atoms with Crippen LogP contribution in [0.25, 0.3) is 0 Å². The summed E-state index contributed by atoms with van der Waals surface area (Å²) in [4.78, 5) is 11.8. The fourth-order valence-corrected chi connectivity index (χ4v) is 2.42. The van der Waals surface area contributed by atoms with Gasteiger partial charge in [0, 0.05) is 6.42 Å².